The largest absolute Gasteiger partial charge is 0.331 e. The minimum absolute atomic E-state index is 0.599. The van der Waals surface area contributed by atoms with Gasteiger partial charge in [-0.3, -0.25) is 0 Å². The Kier molecular flexibility index (Phi) is 3.16. The Morgan fingerprint density at radius 3 is 2.78 bits per heavy atom. The molecule has 1 aliphatic heterocycles. The van der Waals surface area contributed by atoms with Gasteiger partial charge in [-0.25, -0.2) is 4.98 Å². The van der Waals surface area contributed by atoms with Crippen LogP contribution in [-0.2, 0) is 7.05 Å². The van der Waals surface area contributed by atoms with Crippen LogP contribution in [-0.4, -0.2) is 22.6 Å². The first-order valence-corrected chi connectivity index (χ1v) is 7.29. The highest BCUT2D eigenvalue weighted by atomic mass is 79.9. The van der Waals surface area contributed by atoms with Gasteiger partial charge in [-0.1, -0.05) is 15.9 Å². The van der Waals surface area contributed by atoms with Crippen molar-refractivity contribution in [3.63, 3.8) is 0 Å². The molecule has 1 saturated heterocycles. The first-order chi connectivity index (χ1) is 8.66. The number of imidazole rings is 1. The van der Waals surface area contributed by atoms with Crippen LogP contribution in [0.3, 0.4) is 0 Å². The molecule has 2 aromatic rings. The summed E-state index contributed by atoms with van der Waals surface area (Å²) in [6.07, 6.45) is 2.38. The topological polar surface area (TPSA) is 29.9 Å². The number of hydrogen-bond acceptors (Lipinski definition) is 2. The van der Waals surface area contributed by atoms with E-state index in [1.54, 1.807) is 0 Å². The molecular formula is C14H18BrN3. The highest BCUT2D eigenvalue weighted by Gasteiger charge is 2.21. The van der Waals surface area contributed by atoms with Gasteiger partial charge in [-0.2, -0.15) is 0 Å². The van der Waals surface area contributed by atoms with Gasteiger partial charge in [0.2, 0.25) is 0 Å². The lowest BCUT2D eigenvalue weighted by Crippen LogP contribution is -2.27. The van der Waals surface area contributed by atoms with Gasteiger partial charge in [0.25, 0.3) is 0 Å². The second kappa shape index (κ2) is 4.67. The standard InChI is InChI=1S/C14H18BrN3/c1-9-7-11(15)8-12-13(9)18(2)14(17-12)10-3-5-16-6-4-10/h7-8,10,16H,3-6H2,1-2H3. The van der Waals surface area contributed by atoms with Crippen LogP contribution in [0.1, 0.15) is 30.1 Å². The number of rotatable bonds is 1. The number of piperidine rings is 1. The molecule has 2 heterocycles. The van der Waals surface area contributed by atoms with Crippen LogP contribution in [0.5, 0.6) is 0 Å². The second-order valence-electron chi connectivity index (χ2n) is 5.14. The van der Waals surface area contributed by atoms with E-state index in [0.29, 0.717) is 5.92 Å². The van der Waals surface area contributed by atoms with Crippen molar-refractivity contribution in [3.05, 3.63) is 28.0 Å². The number of aryl methyl sites for hydroxylation is 2. The minimum atomic E-state index is 0.599. The highest BCUT2D eigenvalue weighted by Crippen LogP contribution is 2.30. The number of halogens is 1. The van der Waals surface area contributed by atoms with Crippen molar-refractivity contribution >= 4 is 27.0 Å². The van der Waals surface area contributed by atoms with Gasteiger partial charge in [0.05, 0.1) is 11.0 Å². The molecule has 1 aliphatic rings. The van der Waals surface area contributed by atoms with Gasteiger partial charge in [0.1, 0.15) is 5.82 Å². The molecule has 0 radical (unpaired) electrons. The minimum Gasteiger partial charge on any atom is -0.331 e. The number of nitrogens with zero attached hydrogens (tertiary/aromatic N) is 2. The molecule has 4 heteroatoms. The Morgan fingerprint density at radius 2 is 2.06 bits per heavy atom. The van der Waals surface area contributed by atoms with Crippen molar-refractivity contribution < 1.29 is 0 Å². The van der Waals surface area contributed by atoms with Gasteiger partial charge in [-0.15, -0.1) is 0 Å². The van der Waals surface area contributed by atoms with Crippen molar-refractivity contribution in [1.29, 1.82) is 0 Å². The van der Waals surface area contributed by atoms with Gasteiger partial charge in [-0.05, 0) is 50.6 Å². The van der Waals surface area contributed by atoms with Gasteiger partial charge in [0, 0.05) is 17.4 Å². The molecule has 1 N–H and O–H groups in total. The summed E-state index contributed by atoms with van der Waals surface area (Å²) in [5, 5.41) is 3.41. The number of nitrogens with one attached hydrogen (secondary N) is 1. The summed E-state index contributed by atoms with van der Waals surface area (Å²) in [5.41, 5.74) is 3.67. The van der Waals surface area contributed by atoms with Gasteiger partial charge >= 0.3 is 0 Å². The molecule has 0 spiro atoms. The molecule has 3 rings (SSSR count). The second-order valence-corrected chi connectivity index (χ2v) is 6.06. The number of hydrogen-bond donors (Lipinski definition) is 1. The van der Waals surface area contributed by atoms with Crippen LogP contribution in [0.2, 0.25) is 0 Å². The highest BCUT2D eigenvalue weighted by molar-refractivity contribution is 9.10. The van der Waals surface area contributed by atoms with Crippen molar-refractivity contribution in [3.8, 4) is 0 Å². The molecule has 3 nitrogen and oxygen atoms in total. The molecule has 0 unspecified atom stereocenters. The molecule has 0 bridgehead atoms. The molecular weight excluding hydrogens is 290 g/mol. The van der Waals surface area contributed by atoms with Crippen LogP contribution >= 0.6 is 15.9 Å². The zero-order valence-electron chi connectivity index (χ0n) is 10.8. The fraction of sp³-hybridized carbons (Fsp3) is 0.500. The molecule has 1 fully saturated rings. The first kappa shape index (κ1) is 12.2. The number of benzene rings is 1. The smallest absolute Gasteiger partial charge is 0.112 e. The van der Waals surface area contributed by atoms with E-state index in [9.17, 15) is 0 Å². The van der Waals surface area contributed by atoms with Crippen LogP contribution in [0.25, 0.3) is 11.0 Å². The van der Waals surface area contributed by atoms with Crippen LogP contribution in [0, 0.1) is 6.92 Å². The Morgan fingerprint density at radius 1 is 1.33 bits per heavy atom. The molecule has 0 saturated carbocycles. The van der Waals surface area contributed by atoms with Crippen molar-refractivity contribution in [1.82, 2.24) is 14.9 Å². The van der Waals surface area contributed by atoms with E-state index in [-0.39, 0.29) is 0 Å². The summed E-state index contributed by atoms with van der Waals surface area (Å²) in [7, 11) is 2.15. The average Bonchev–Trinajstić information content (AvgIpc) is 2.67. The van der Waals surface area contributed by atoms with Crippen LogP contribution in [0.4, 0.5) is 0 Å². The van der Waals surface area contributed by atoms with Gasteiger partial charge < -0.3 is 9.88 Å². The maximum atomic E-state index is 4.86. The maximum Gasteiger partial charge on any atom is 0.112 e. The predicted molar refractivity (Wildman–Crippen MR) is 78.0 cm³/mol. The summed E-state index contributed by atoms with van der Waals surface area (Å²) in [4.78, 5) is 4.86. The fourth-order valence-corrected chi connectivity index (χ4v) is 3.56. The van der Waals surface area contributed by atoms with Crippen molar-refractivity contribution in [2.45, 2.75) is 25.7 Å². The molecule has 1 aromatic carbocycles. The Bertz CT molecular complexity index is 582. The Hall–Kier alpha value is -0.870. The SMILES string of the molecule is Cc1cc(Br)cc2nc(C3CCNCC3)n(C)c12. The zero-order chi connectivity index (χ0) is 12.7. The maximum absolute atomic E-state index is 4.86. The summed E-state index contributed by atoms with van der Waals surface area (Å²) in [5.74, 6) is 1.84. The van der Waals surface area contributed by atoms with E-state index in [1.165, 1.54) is 29.7 Å². The van der Waals surface area contributed by atoms with Crippen LogP contribution in [0.15, 0.2) is 16.6 Å². The zero-order valence-corrected chi connectivity index (χ0v) is 12.4. The van der Waals surface area contributed by atoms with E-state index >= 15 is 0 Å². The van der Waals surface area contributed by atoms with Crippen molar-refractivity contribution in [2.24, 2.45) is 7.05 Å². The summed E-state index contributed by atoms with van der Waals surface area (Å²) < 4.78 is 3.40. The van der Waals surface area contributed by atoms with E-state index in [4.69, 9.17) is 4.98 Å². The first-order valence-electron chi connectivity index (χ1n) is 6.50. The number of fused-ring (bicyclic) bond motifs is 1. The third-order valence-electron chi connectivity index (χ3n) is 3.86. The average molecular weight is 308 g/mol. The molecule has 0 aliphatic carbocycles. The van der Waals surface area contributed by atoms with E-state index in [1.807, 2.05) is 0 Å². The van der Waals surface area contributed by atoms with E-state index in [2.05, 4.69) is 51.9 Å². The third kappa shape index (κ3) is 1.97. The third-order valence-corrected chi connectivity index (χ3v) is 4.32. The monoisotopic (exact) mass is 307 g/mol. The predicted octanol–water partition coefficient (Wildman–Crippen LogP) is 3.11. The molecule has 18 heavy (non-hydrogen) atoms. The van der Waals surface area contributed by atoms with Crippen LogP contribution < -0.4 is 5.32 Å². The quantitative estimate of drug-likeness (QED) is 0.877. The van der Waals surface area contributed by atoms with Gasteiger partial charge in [0.15, 0.2) is 0 Å². The summed E-state index contributed by atoms with van der Waals surface area (Å²) in [6.45, 7) is 4.37. The lowest BCUT2D eigenvalue weighted by Gasteiger charge is -2.22. The van der Waals surface area contributed by atoms with Crippen molar-refractivity contribution in [2.75, 3.05) is 13.1 Å². The molecule has 0 amide bonds. The fourth-order valence-electron chi connectivity index (χ4n) is 3.00. The summed E-state index contributed by atoms with van der Waals surface area (Å²) >= 11 is 3.55. The molecule has 0 atom stereocenters. The Labute approximate surface area is 116 Å². The number of aromatic nitrogens is 2. The molecule has 96 valence electrons. The lowest BCUT2D eigenvalue weighted by atomic mass is 9.97. The normalized spacial score (nSPS) is 17.5. The molecule has 1 aromatic heterocycles. The lowest BCUT2D eigenvalue weighted by molar-refractivity contribution is 0.438. The Balaban J connectivity index is 2.13. The van der Waals surface area contributed by atoms with E-state index in [0.717, 1.165) is 23.1 Å². The van der Waals surface area contributed by atoms with E-state index < -0.39 is 0 Å². The summed E-state index contributed by atoms with van der Waals surface area (Å²) in [6, 6.07) is 4.28.